The molecule has 1 heterocycles. The molecule has 0 N–H and O–H groups in total. The molecule has 3 nitrogen and oxygen atoms in total. The smallest absolute Gasteiger partial charge is 0.254 e. The minimum Gasteiger partial charge on any atom is -0.339 e. The van der Waals surface area contributed by atoms with E-state index in [2.05, 4.69) is 25.8 Å². The number of hydrogen-bond donors (Lipinski definition) is 0. The second-order valence-electron chi connectivity index (χ2n) is 5.28. The first-order valence-electron chi connectivity index (χ1n) is 7.47. The number of carbonyl (C=O) groups excluding carboxylic acids is 1. The second-order valence-corrected chi connectivity index (χ2v) is 5.66. The van der Waals surface area contributed by atoms with Crippen LogP contribution in [0.25, 0.3) is 0 Å². The molecule has 1 aromatic heterocycles. The van der Waals surface area contributed by atoms with Gasteiger partial charge < -0.3 is 4.90 Å². The third kappa shape index (κ3) is 4.78. The molecular formula is C16H25ClN2O. The molecule has 4 heteroatoms. The van der Waals surface area contributed by atoms with Crippen molar-refractivity contribution in [2.45, 2.75) is 47.0 Å². The van der Waals surface area contributed by atoms with Crippen molar-refractivity contribution in [3.63, 3.8) is 0 Å². The molecule has 1 aromatic rings. The van der Waals surface area contributed by atoms with Gasteiger partial charge in [-0.1, -0.05) is 45.2 Å². The average molecular weight is 297 g/mol. The maximum absolute atomic E-state index is 12.6. The maximum atomic E-state index is 12.6. The zero-order valence-corrected chi connectivity index (χ0v) is 13.7. The Labute approximate surface area is 127 Å². The first kappa shape index (κ1) is 17.0. The number of rotatable bonds is 7. The zero-order chi connectivity index (χ0) is 15.1. The van der Waals surface area contributed by atoms with Gasteiger partial charge in [0, 0.05) is 24.3 Å². The van der Waals surface area contributed by atoms with Crippen LogP contribution >= 0.6 is 11.6 Å². The lowest BCUT2D eigenvalue weighted by Gasteiger charge is -2.24. The van der Waals surface area contributed by atoms with Gasteiger partial charge in [0.2, 0.25) is 0 Å². The largest absolute Gasteiger partial charge is 0.339 e. The van der Waals surface area contributed by atoms with Gasteiger partial charge in [0.05, 0.1) is 0 Å². The van der Waals surface area contributed by atoms with Gasteiger partial charge in [0.15, 0.2) is 0 Å². The Balaban J connectivity index is 2.93. The van der Waals surface area contributed by atoms with E-state index in [1.807, 2.05) is 17.9 Å². The monoisotopic (exact) mass is 296 g/mol. The molecule has 20 heavy (non-hydrogen) atoms. The minimum atomic E-state index is 0.0504. The fraction of sp³-hybridized carbons (Fsp3) is 0.625. The van der Waals surface area contributed by atoms with E-state index < -0.39 is 0 Å². The summed E-state index contributed by atoms with van der Waals surface area (Å²) < 4.78 is 0. The number of nitrogens with zero attached hydrogens (tertiary/aromatic N) is 2. The second kappa shape index (κ2) is 8.25. The van der Waals surface area contributed by atoms with Crippen LogP contribution in [0, 0.1) is 5.92 Å². The molecule has 0 aliphatic rings. The topological polar surface area (TPSA) is 33.2 Å². The van der Waals surface area contributed by atoms with Crippen molar-refractivity contribution in [1.29, 1.82) is 0 Å². The molecule has 1 unspecified atom stereocenters. The van der Waals surface area contributed by atoms with E-state index >= 15 is 0 Å². The Bertz CT molecular complexity index is 448. The summed E-state index contributed by atoms with van der Waals surface area (Å²) in [6, 6.07) is 3.54. The first-order valence-corrected chi connectivity index (χ1v) is 7.85. The van der Waals surface area contributed by atoms with Crippen molar-refractivity contribution in [2.24, 2.45) is 5.92 Å². The summed E-state index contributed by atoms with van der Waals surface area (Å²) in [5, 5.41) is 0.402. The van der Waals surface area contributed by atoms with Crippen LogP contribution in [0.1, 0.15) is 56.6 Å². The highest BCUT2D eigenvalue weighted by molar-refractivity contribution is 6.29. The fourth-order valence-electron chi connectivity index (χ4n) is 2.10. The fourth-order valence-corrected chi connectivity index (χ4v) is 2.33. The predicted molar refractivity (Wildman–Crippen MR) is 84.3 cm³/mol. The third-order valence-electron chi connectivity index (χ3n) is 3.50. The summed E-state index contributed by atoms with van der Waals surface area (Å²) in [7, 11) is 0. The van der Waals surface area contributed by atoms with Crippen LogP contribution < -0.4 is 0 Å². The quantitative estimate of drug-likeness (QED) is 0.707. The predicted octanol–water partition coefficient (Wildman–Crippen LogP) is 4.20. The number of pyridine rings is 1. The molecule has 0 radical (unpaired) electrons. The lowest BCUT2D eigenvalue weighted by Crippen LogP contribution is -2.34. The van der Waals surface area contributed by atoms with Crippen LogP contribution in [0.5, 0.6) is 0 Å². The standard InChI is InChI=1S/C16H25ClN2O/c1-5-8-14-9-13(10-15(17)18-14)16(20)19(7-3)11-12(4)6-2/h9-10,12H,5-8,11H2,1-4H3. The van der Waals surface area contributed by atoms with E-state index in [9.17, 15) is 4.79 Å². The van der Waals surface area contributed by atoms with Crippen LogP contribution in [-0.2, 0) is 6.42 Å². The number of halogens is 1. The van der Waals surface area contributed by atoms with Gasteiger partial charge in [-0.05, 0) is 31.4 Å². The number of carbonyl (C=O) groups is 1. The molecule has 112 valence electrons. The lowest BCUT2D eigenvalue weighted by molar-refractivity contribution is 0.0740. The Hall–Kier alpha value is -1.09. The molecule has 0 spiro atoms. The van der Waals surface area contributed by atoms with Crippen molar-refractivity contribution in [3.05, 3.63) is 28.5 Å². The number of hydrogen-bond acceptors (Lipinski definition) is 2. The van der Waals surface area contributed by atoms with Gasteiger partial charge in [-0.15, -0.1) is 0 Å². The lowest BCUT2D eigenvalue weighted by atomic mass is 10.1. The van der Waals surface area contributed by atoms with Crippen LogP contribution in [0.4, 0.5) is 0 Å². The van der Waals surface area contributed by atoms with Crippen LogP contribution in [-0.4, -0.2) is 28.9 Å². The van der Waals surface area contributed by atoms with Gasteiger partial charge >= 0.3 is 0 Å². The minimum absolute atomic E-state index is 0.0504. The van der Waals surface area contributed by atoms with Crippen molar-refractivity contribution in [1.82, 2.24) is 9.88 Å². The highest BCUT2D eigenvalue weighted by atomic mass is 35.5. The third-order valence-corrected chi connectivity index (χ3v) is 3.69. The molecule has 1 amide bonds. The molecule has 0 saturated heterocycles. The van der Waals surface area contributed by atoms with Crippen LogP contribution in [0.2, 0.25) is 5.15 Å². The number of amides is 1. The molecule has 0 bridgehead atoms. The SMILES string of the molecule is CCCc1cc(C(=O)N(CC)CC(C)CC)cc(Cl)n1. The Morgan fingerprint density at radius 1 is 1.35 bits per heavy atom. The van der Waals surface area contributed by atoms with E-state index in [4.69, 9.17) is 11.6 Å². The molecular weight excluding hydrogens is 272 g/mol. The number of aromatic nitrogens is 1. The van der Waals surface area contributed by atoms with Crippen molar-refractivity contribution in [2.75, 3.05) is 13.1 Å². The molecule has 1 atom stereocenters. The molecule has 0 saturated carbocycles. The zero-order valence-electron chi connectivity index (χ0n) is 12.9. The van der Waals surface area contributed by atoms with Gasteiger partial charge in [0.1, 0.15) is 5.15 Å². The van der Waals surface area contributed by atoms with E-state index in [-0.39, 0.29) is 5.91 Å². The first-order chi connectivity index (χ1) is 9.51. The van der Waals surface area contributed by atoms with Gasteiger partial charge in [-0.3, -0.25) is 4.79 Å². The Morgan fingerprint density at radius 2 is 2.05 bits per heavy atom. The van der Waals surface area contributed by atoms with E-state index in [0.29, 0.717) is 23.2 Å². The molecule has 0 aromatic carbocycles. The maximum Gasteiger partial charge on any atom is 0.254 e. The van der Waals surface area contributed by atoms with E-state index in [0.717, 1.165) is 31.5 Å². The Morgan fingerprint density at radius 3 is 2.60 bits per heavy atom. The van der Waals surface area contributed by atoms with Gasteiger partial charge in [-0.2, -0.15) is 0 Å². The summed E-state index contributed by atoms with van der Waals surface area (Å²) in [6.45, 7) is 9.91. The van der Waals surface area contributed by atoms with Crippen LogP contribution in [0.15, 0.2) is 12.1 Å². The van der Waals surface area contributed by atoms with Crippen molar-refractivity contribution >= 4 is 17.5 Å². The molecule has 0 fully saturated rings. The average Bonchev–Trinajstić information content (AvgIpc) is 2.43. The molecule has 0 aliphatic heterocycles. The van der Waals surface area contributed by atoms with Gasteiger partial charge in [0.25, 0.3) is 5.91 Å². The summed E-state index contributed by atoms with van der Waals surface area (Å²) in [4.78, 5) is 18.7. The summed E-state index contributed by atoms with van der Waals surface area (Å²) in [5.74, 6) is 0.556. The van der Waals surface area contributed by atoms with Crippen molar-refractivity contribution < 1.29 is 4.79 Å². The highest BCUT2D eigenvalue weighted by Gasteiger charge is 2.17. The summed E-state index contributed by atoms with van der Waals surface area (Å²) in [6.07, 6.45) is 2.91. The normalized spacial score (nSPS) is 12.2. The molecule has 0 aliphatic carbocycles. The van der Waals surface area contributed by atoms with Crippen molar-refractivity contribution in [3.8, 4) is 0 Å². The van der Waals surface area contributed by atoms with E-state index in [1.54, 1.807) is 6.07 Å². The Kier molecular flexibility index (Phi) is 7.00. The van der Waals surface area contributed by atoms with Gasteiger partial charge in [-0.25, -0.2) is 4.98 Å². The molecule has 1 rings (SSSR count). The summed E-state index contributed by atoms with van der Waals surface area (Å²) >= 11 is 6.03. The van der Waals surface area contributed by atoms with Crippen LogP contribution in [0.3, 0.4) is 0 Å². The number of aryl methyl sites for hydroxylation is 1. The van der Waals surface area contributed by atoms with E-state index in [1.165, 1.54) is 0 Å². The summed E-state index contributed by atoms with van der Waals surface area (Å²) in [5.41, 5.74) is 1.54. The highest BCUT2D eigenvalue weighted by Crippen LogP contribution is 2.15.